The molecule has 0 saturated carbocycles. The van der Waals surface area contributed by atoms with Gasteiger partial charge in [0.2, 0.25) is 0 Å². The van der Waals surface area contributed by atoms with Crippen molar-refractivity contribution in [2.45, 2.75) is 13.8 Å². The zero-order valence-electron chi connectivity index (χ0n) is 7.79. The highest BCUT2D eigenvalue weighted by Gasteiger charge is 2.13. The number of nitrogens with zero attached hydrogens (tertiary/aromatic N) is 1. The van der Waals surface area contributed by atoms with Crippen LogP contribution in [-0.4, -0.2) is 23.2 Å². The van der Waals surface area contributed by atoms with E-state index in [1.54, 1.807) is 13.8 Å². The lowest BCUT2D eigenvalue weighted by atomic mass is 10.1. The second-order valence-electron chi connectivity index (χ2n) is 2.72. The highest BCUT2D eigenvalue weighted by atomic mass is 16.5. The van der Waals surface area contributed by atoms with Crippen molar-refractivity contribution in [3.8, 4) is 5.75 Å². The Morgan fingerprint density at radius 3 is 2.69 bits per heavy atom. The zero-order chi connectivity index (χ0) is 10.0. The number of carbonyl (C=O) groups excluding carboxylic acids is 1. The summed E-state index contributed by atoms with van der Waals surface area (Å²) in [5.41, 5.74) is 1.30. The fraction of sp³-hybridized carbons (Fsp3) is 0.333. The van der Waals surface area contributed by atoms with Gasteiger partial charge in [-0.2, -0.15) is 0 Å². The van der Waals surface area contributed by atoms with Gasteiger partial charge >= 0.3 is 5.97 Å². The number of hydrogen-bond donors (Lipinski definition) is 1. The Morgan fingerprint density at radius 2 is 2.15 bits per heavy atom. The van der Waals surface area contributed by atoms with Crippen LogP contribution in [0, 0.1) is 13.8 Å². The van der Waals surface area contributed by atoms with Gasteiger partial charge in [0.05, 0.1) is 18.4 Å². The van der Waals surface area contributed by atoms with E-state index in [4.69, 9.17) is 0 Å². The first-order valence-electron chi connectivity index (χ1n) is 3.81. The maximum atomic E-state index is 11.1. The van der Waals surface area contributed by atoms with Gasteiger partial charge in [-0.25, -0.2) is 4.79 Å². The van der Waals surface area contributed by atoms with Crippen LogP contribution in [0.2, 0.25) is 0 Å². The number of methoxy groups -OCH3 is 1. The first-order chi connectivity index (χ1) is 6.07. The first-order valence-corrected chi connectivity index (χ1v) is 3.81. The minimum atomic E-state index is -0.486. The van der Waals surface area contributed by atoms with Gasteiger partial charge in [0.25, 0.3) is 0 Å². The third kappa shape index (κ3) is 1.61. The Bertz CT molecular complexity index is 347. The quantitative estimate of drug-likeness (QED) is 0.661. The number of aromatic nitrogens is 1. The molecule has 70 valence electrons. The molecule has 13 heavy (non-hydrogen) atoms. The fourth-order valence-electron chi connectivity index (χ4n) is 1.03. The predicted molar refractivity (Wildman–Crippen MR) is 46.7 cm³/mol. The number of aryl methyl sites for hydroxylation is 1. The van der Waals surface area contributed by atoms with Gasteiger partial charge in [-0.05, 0) is 13.8 Å². The maximum absolute atomic E-state index is 11.1. The van der Waals surface area contributed by atoms with Crippen molar-refractivity contribution in [3.63, 3.8) is 0 Å². The molecule has 1 rings (SSSR count). The van der Waals surface area contributed by atoms with E-state index < -0.39 is 5.97 Å². The number of hydrogen-bond acceptors (Lipinski definition) is 4. The zero-order valence-corrected chi connectivity index (χ0v) is 7.79. The Hall–Kier alpha value is -1.58. The second kappa shape index (κ2) is 3.43. The van der Waals surface area contributed by atoms with E-state index in [0.29, 0.717) is 16.8 Å². The van der Waals surface area contributed by atoms with Crippen LogP contribution < -0.4 is 0 Å². The highest BCUT2D eigenvalue weighted by Crippen LogP contribution is 2.22. The summed E-state index contributed by atoms with van der Waals surface area (Å²) < 4.78 is 4.52. The molecule has 0 atom stereocenters. The van der Waals surface area contributed by atoms with Crippen LogP contribution in [0.3, 0.4) is 0 Å². The summed E-state index contributed by atoms with van der Waals surface area (Å²) in [5, 5.41) is 9.46. The Labute approximate surface area is 76.2 Å². The summed E-state index contributed by atoms with van der Waals surface area (Å²) in [4.78, 5) is 15.0. The molecule has 1 aromatic rings. The molecule has 0 radical (unpaired) electrons. The number of ether oxygens (including phenoxy) is 1. The van der Waals surface area contributed by atoms with Crippen LogP contribution in [0.4, 0.5) is 0 Å². The molecule has 0 unspecified atom stereocenters. The molecule has 0 fully saturated rings. The van der Waals surface area contributed by atoms with E-state index in [0.717, 1.165) is 0 Å². The van der Waals surface area contributed by atoms with Gasteiger partial charge in [-0.3, -0.25) is 4.98 Å². The smallest absolute Gasteiger partial charge is 0.339 e. The van der Waals surface area contributed by atoms with Crippen molar-refractivity contribution in [1.29, 1.82) is 0 Å². The van der Waals surface area contributed by atoms with Crippen LogP contribution in [0.15, 0.2) is 6.20 Å². The van der Waals surface area contributed by atoms with E-state index >= 15 is 0 Å². The van der Waals surface area contributed by atoms with Gasteiger partial charge in [0.1, 0.15) is 5.75 Å². The van der Waals surface area contributed by atoms with Crippen molar-refractivity contribution in [3.05, 3.63) is 23.0 Å². The molecule has 1 heterocycles. The number of carbonyl (C=O) groups is 1. The van der Waals surface area contributed by atoms with Crippen molar-refractivity contribution in [2.24, 2.45) is 0 Å². The summed E-state index contributed by atoms with van der Waals surface area (Å²) in [6.07, 6.45) is 1.40. The fourth-order valence-corrected chi connectivity index (χ4v) is 1.03. The minimum absolute atomic E-state index is 0.0444. The van der Waals surface area contributed by atoms with Crippen LogP contribution in [0.1, 0.15) is 21.6 Å². The molecule has 0 bridgehead atoms. The van der Waals surface area contributed by atoms with E-state index in [1.165, 1.54) is 13.3 Å². The molecule has 0 aliphatic carbocycles. The summed E-state index contributed by atoms with van der Waals surface area (Å²) >= 11 is 0. The van der Waals surface area contributed by atoms with Gasteiger partial charge < -0.3 is 9.84 Å². The Morgan fingerprint density at radius 1 is 1.54 bits per heavy atom. The lowest BCUT2D eigenvalue weighted by molar-refractivity contribution is 0.0599. The largest absolute Gasteiger partial charge is 0.506 e. The number of aromatic hydroxyl groups is 1. The van der Waals surface area contributed by atoms with Gasteiger partial charge in [0.15, 0.2) is 0 Å². The summed E-state index contributed by atoms with van der Waals surface area (Å²) in [5.74, 6) is -0.441. The first kappa shape index (κ1) is 9.51. The van der Waals surface area contributed by atoms with Crippen molar-refractivity contribution in [2.75, 3.05) is 7.11 Å². The average molecular weight is 181 g/mol. The molecule has 0 aliphatic heterocycles. The van der Waals surface area contributed by atoms with Crippen molar-refractivity contribution < 1.29 is 14.6 Å². The molecule has 0 spiro atoms. The molecule has 1 aromatic heterocycles. The van der Waals surface area contributed by atoms with Crippen molar-refractivity contribution in [1.82, 2.24) is 4.98 Å². The highest BCUT2D eigenvalue weighted by molar-refractivity contribution is 5.91. The molecule has 0 amide bonds. The molecular weight excluding hydrogens is 170 g/mol. The molecule has 1 N–H and O–H groups in total. The van der Waals surface area contributed by atoms with Crippen LogP contribution in [-0.2, 0) is 4.74 Å². The van der Waals surface area contributed by atoms with Crippen LogP contribution >= 0.6 is 0 Å². The number of pyridine rings is 1. The molecule has 4 nitrogen and oxygen atoms in total. The number of esters is 1. The molecular formula is C9H11NO3. The average Bonchev–Trinajstić information content (AvgIpc) is 2.13. The van der Waals surface area contributed by atoms with Crippen LogP contribution in [0.25, 0.3) is 0 Å². The topological polar surface area (TPSA) is 59.4 Å². The molecule has 0 aliphatic rings. The van der Waals surface area contributed by atoms with Crippen molar-refractivity contribution >= 4 is 5.97 Å². The Balaban J connectivity index is 3.26. The van der Waals surface area contributed by atoms with Gasteiger partial charge in [-0.1, -0.05) is 0 Å². The predicted octanol–water partition coefficient (Wildman–Crippen LogP) is 1.19. The molecule has 4 heteroatoms. The second-order valence-corrected chi connectivity index (χ2v) is 2.72. The molecule has 0 aromatic carbocycles. The Kier molecular flexibility index (Phi) is 2.51. The van der Waals surface area contributed by atoms with Gasteiger partial charge in [0, 0.05) is 11.8 Å². The maximum Gasteiger partial charge on any atom is 0.339 e. The molecule has 0 saturated heterocycles. The monoisotopic (exact) mass is 181 g/mol. The lowest BCUT2D eigenvalue weighted by Gasteiger charge is -2.06. The summed E-state index contributed by atoms with van der Waals surface area (Å²) in [6, 6.07) is 0. The third-order valence-electron chi connectivity index (χ3n) is 1.89. The lowest BCUT2D eigenvalue weighted by Crippen LogP contribution is -2.05. The summed E-state index contributed by atoms with van der Waals surface area (Å²) in [6.45, 7) is 3.32. The summed E-state index contributed by atoms with van der Waals surface area (Å²) in [7, 11) is 1.29. The standard InChI is InChI=1S/C9H11NO3/c1-5-7(9(12)13-3)4-10-6(2)8(5)11/h4,11H,1-3H3. The SMILES string of the molecule is COC(=O)c1cnc(C)c(O)c1C. The van der Waals surface area contributed by atoms with E-state index in [2.05, 4.69) is 9.72 Å². The van der Waals surface area contributed by atoms with E-state index in [9.17, 15) is 9.90 Å². The van der Waals surface area contributed by atoms with Crippen LogP contribution in [0.5, 0.6) is 5.75 Å². The third-order valence-corrected chi connectivity index (χ3v) is 1.89. The van der Waals surface area contributed by atoms with E-state index in [-0.39, 0.29) is 5.75 Å². The number of rotatable bonds is 1. The normalized spacial score (nSPS) is 9.77. The van der Waals surface area contributed by atoms with E-state index in [1.807, 2.05) is 0 Å². The minimum Gasteiger partial charge on any atom is -0.506 e. The van der Waals surface area contributed by atoms with Gasteiger partial charge in [-0.15, -0.1) is 0 Å².